The average molecular weight is 329 g/mol. The summed E-state index contributed by atoms with van der Waals surface area (Å²) >= 11 is 0. The Morgan fingerprint density at radius 2 is 1.74 bits per heavy atom. The van der Waals surface area contributed by atoms with Crippen molar-refractivity contribution in [2.24, 2.45) is 0 Å². The Labute approximate surface area is 142 Å². The van der Waals surface area contributed by atoms with Gasteiger partial charge < -0.3 is 10.0 Å². The van der Waals surface area contributed by atoms with Crippen LogP contribution in [0.5, 0.6) is 5.75 Å². The summed E-state index contributed by atoms with van der Waals surface area (Å²) in [6, 6.07) is 12.8. The summed E-state index contributed by atoms with van der Waals surface area (Å²) in [5.41, 5.74) is 4.58. The van der Waals surface area contributed by atoms with Crippen LogP contribution in [0.25, 0.3) is 0 Å². The number of aromatic hydroxyl groups is 1. The summed E-state index contributed by atoms with van der Waals surface area (Å²) in [5, 5.41) is 11.8. The molecule has 0 saturated heterocycles. The van der Waals surface area contributed by atoms with Gasteiger partial charge in [0.2, 0.25) is 0 Å². The molecule has 0 saturated carbocycles. The molecule has 3 heteroatoms. The molecule has 0 aliphatic heterocycles. The monoisotopic (exact) mass is 329 g/mol. The highest BCUT2D eigenvalue weighted by molar-refractivity contribution is 7.48. The van der Waals surface area contributed by atoms with E-state index in [0.717, 1.165) is 17.7 Å². The Hall–Kier alpha value is -1.37. The standard InChI is InChI=1S/C20H28NOP/c1-14-11-15(2)19(22)17(12-14)20(3,4)23-18-10-8-7-9-16(18)13-21(5)6/h7-12,22-23H,13H2,1-6H3. The number of aryl methyl sites for hydroxylation is 2. The molecule has 0 aliphatic rings. The van der Waals surface area contributed by atoms with Gasteiger partial charge in [0.1, 0.15) is 5.75 Å². The lowest BCUT2D eigenvalue weighted by atomic mass is 9.96. The first-order valence-corrected chi connectivity index (χ1v) is 9.02. The molecule has 2 nitrogen and oxygen atoms in total. The van der Waals surface area contributed by atoms with Crippen LogP contribution in [0.1, 0.15) is 36.1 Å². The minimum atomic E-state index is -0.0940. The fourth-order valence-corrected chi connectivity index (χ4v) is 4.46. The van der Waals surface area contributed by atoms with E-state index in [1.165, 1.54) is 16.4 Å². The van der Waals surface area contributed by atoms with Gasteiger partial charge in [-0.25, -0.2) is 0 Å². The molecule has 0 bridgehead atoms. The molecule has 23 heavy (non-hydrogen) atoms. The highest BCUT2D eigenvalue weighted by atomic mass is 31.1. The molecule has 124 valence electrons. The van der Waals surface area contributed by atoms with Crippen LogP contribution in [0.2, 0.25) is 0 Å². The number of nitrogens with zero attached hydrogens (tertiary/aromatic N) is 1. The lowest BCUT2D eigenvalue weighted by Gasteiger charge is -2.29. The molecule has 0 amide bonds. The van der Waals surface area contributed by atoms with Gasteiger partial charge in [0.05, 0.1) is 0 Å². The van der Waals surface area contributed by atoms with E-state index in [2.05, 4.69) is 70.1 Å². The Morgan fingerprint density at radius 3 is 2.39 bits per heavy atom. The number of phenolic OH excluding ortho intramolecular Hbond substituents is 1. The van der Waals surface area contributed by atoms with Crippen molar-refractivity contribution >= 4 is 13.9 Å². The number of hydrogen-bond donors (Lipinski definition) is 1. The minimum absolute atomic E-state index is 0.0940. The van der Waals surface area contributed by atoms with Crippen LogP contribution in [0.15, 0.2) is 36.4 Å². The molecule has 2 aromatic carbocycles. The maximum absolute atomic E-state index is 10.5. The van der Waals surface area contributed by atoms with Gasteiger partial charge in [0.15, 0.2) is 0 Å². The van der Waals surface area contributed by atoms with E-state index in [0.29, 0.717) is 14.3 Å². The van der Waals surface area contributed by atoms with Crippen molar-refractivity contribution in [3.8, 4) is 5.75 Å². The van der Waals surface area contributed by atoms with E-state index in [-0.39, 0.29) is 5.16 Å². The van der Waals surface area contributed by atoms with Gasteiger partial charge in [-0.05, 0) is 44.4 Å². The SMILES string of the molecule is Cc1cc(C)c(O)c(C(C)(C)Pc2ccccc2CN(C)C)c1. The topological polar surface area (TPSA) is 23.5 Å². The number of rotatable bonds is 5. The molecule has 0 aromatic heterocycles. The fraction of sp³-hybridized carbons (Fsp3) is 0.400. The van der Waals surface area contributed by atoms with Crippen molar-refractivity contribution in [1.29, 1.82) is 0 Å². The van der Waals surface area contributed by atoms with E-state index < -0.39 is 0 Å². The first kappa shape index (κ1) is 18.0. The molecule has 1 atom stereocenters. The first-order chi connectivity index (χ1) is 10.7. The Morgan fingerprint density at radius 1 is 1.09 bits per heavy atom. The number of phenols is 1. The van der Waals surface area contributed by atoms with Crippen LogP contribution in [0, 0.1) is 13.8 Å². The molecule has 1 N–H and O–H groups in total. The Balaban J connectivity index is 2.39. The second-order valence-electron chi connectivity index (χ2n) is 7.12. The van der Waals surface area contributed by atoms with E-state index in [1.807, 2.05) is 13.0 Å². The van der Waals surface area contributed by atoms with Crippen molar-refractivity contribution < 1.29 is 5.11 Å². The molecule has 2 rings (SSSR count). The maximum atomic E-state index is 10.5. The predicted octanol–water partition coefficient (Wildman–Crippen LogP) is 4.31. The van der Waals surface area contributed by atoms with E-state index >= 15 is 0 Å². The highest BCUT2D eigenvalue weighted by Gasteiger charge is 2.26. The van der Waals surface area contributed by atoms with Gasteiger partial charge in [-0.1, -0.05) is 64.4 Å². The smallest absolute Gasteiger partial charge is 0.122 e. The van der Waals surface area contributed by atoms with Crippen molar-refractivity contribution in [3.05, 3.63) is 58.7 Å². The van der Waals surface area contributed by atoms with Crippen molar-refractivity contribution in [3.63, 3.8) is 0 Å². The lowest BCUT2D eigenvalue weighted by Crippen LogP contribution is -2.21. The van der Waals surface area contributed by atoms with Crippen LogP contribution < -0.4 is 5.30 Å². The van der Waals surface area contributed by atoms with Crippen LogP contribution in [0.3, 0.4) is 0 Å². The van der Waals surface area contributed by atoms with Crippen molar-refractivity contribution in [2.45, 2.75) is 39.4 Å². The van der Waals surface area contributed by atoms with Crippen LogP contribution in [-0.4, -0.2) is 24.1 Å². The van der Waals surface area contributed by atoms with Crippen molar-refractivity contribution in [1.82, 2.24) is 4.90 Å². The summed E-state index contributed by atoms with van der Waals surface area (Å²) in [6.45, 7) is 9.47. The molecule has 0 spiro atoms. The van der Waals surface area contributed by atoms with Crippen LogP contribution >= 0.6 is 8.58 Å². The third-order valence-electron chi connectivity index (χ3n) is 4.07. The molecular formula is C20H28NOP. The zero-order chi connectivity index (χ0) is 17.2. The second kappa shape index (κ2) is 7.03. The number of hydrogen-bond acceptors (Lipinski definition) is 2. The minimum Gasteiger partial charge on any atom is -0.507 e. The second-order valence-corrected chi connectivity index (χ2v) is 9.16. The molecule has 0 aliphatic carbocycles. The van der Waals surface area contributed by atoms with Gasteiger partial charge in [0.25, 0.3) is 0 Å². The number of benzene rings is 2. The summed E-state index contributed by atoms with van der Waals surface area (Å²) in [5.74, 6) is 0.443. The molecule has 0 radical (unpaired) electrons. The van der Waals surface area contributed by atoms with Gasteiger partial charge >= 0.3 is 0 Å². The Kier molecular flexibility index (Phi) is 5.49. The van der Waals surface area contributed by atoms with Gasteiger partial charge in [-0.2, -0.15) is 0 Å². The van der Waals surface area contributed by atoms with Crippen LogP contribution in [-0.2, 0) is 11.7 Å². The van der Waals surface area contributed by atoms with E-state index in [9.17, 15) is 5.11 Å². The summed E-state index contributed by atoms with van der Waals surface area (Å²) < 4.78 is 0. The third kappa shape index (κ3) is 4.34. The van der Waals surface area contributed by atoms with Gasteiger partial charge in [-0.15, -0.1) is 0 Å². The lowest BCUT2D eigenvalue weighted by molar-refractivity contribution is 0.403. The molecule has 2 aromatic rings. The summed E-state index contributed by atoms with van der Waals surface area (Å²) in [7, 11) is 4.81. The van der Waals surface area contributed by atoms with Gasteiger partial charge in [0, 0.05) is 17.3 Å². The van der Waals surface area contributed by atoms with Gasteiger partial charge in [-0.3, -0.25) is 0 Å². The normalized spacial score (nSPS) is 12.5. The van der Waals surface area contributed by atoms with Crippen molar-refractivity contribution in [2.75, 3.05) is 14.1 Å². The molecule has 1 unspecified atom stereocenters. The summed E-state index contributed by atoms with van der Waals surface area (Å²) in [6.07, 6.45) is 0. The summed E-state index contributed by atoms with van der Waals surface area (Å²) in [4.78, 5) is 2.20. The predicted molar refractivity (Wildman–Crippen MR) is 102 cm³/mol. The first-order valence-electron chi connectivity index (χ1n) is 8.02. The highest BCUT2D eigenvalue weighted by Crippen LogP contribution is 2.45. The van der Waals surface area contributed by atoms with Crippen LogP contribution in [0.4, 0.5) is 0 Å². The van der Waals surface area contributed by atoms with E-state index in [1.54, 1.807) is 0 Å². The third-order valence-corrected chi connectivity index (χ3v) is 5.72. The molecule has 0 fully saturated rings. The Bertz CT molecular complexity index is 692. The quantitative estimate of drug-likeness (QED) is 0.826. The fourth-order valence-electron chi connectivity index (χ4n) is 2.96. The molecular weight excluding hydrogens is 301 g/mol. The zero-order valence-corrected chi connectivity index (χ0v) is 16.1. The average Bonchev–Trinajstić information content (AvgIpc) is 2.44. The zero-order valence-electron chi connectivity index (χ0n) is 15.1. The molecule has 0 heterocycles. The maximum Gasteiger partial charge on any atom is 0.122 e. The largest absolute Gasteiger partial charge is 0.507 e. The van der Waals surface area contributed by atoms with E-state index in [4.69, 9.17) is 0 Å².